The van der Waals surface area contributed by atoms with Crippen molar-refractivity contribution < 1.29 is 0 Å². The number of aryl methyl sites for hydroxylation is 1. The molecule has 2 rings (SSSR count). The summed E-state index contributed by atoms with van der Waals surface area (Å²) in [6.45, 7) is 7.30. The maximum atomic E-state index is 5.88. The summed E-state index contributed by atoms with van der Waals surface area (Å²) in [5, 5.41) is 0. The number of rotatable bonds is 3. The summed E-state index contributed by atoms with van der Waals surface area (Å²) in [4.78, 5) is 4.88. The van der Waals surface area contributed by atoms with Crippen molar-refractivity contribution in [3.05, 3.63) is 35.4 Å². The second kappa shape index (κ2) is 5.63. The van der Waals surface area contributed by atoms with Crippen LogP contribution in [0.4, 0.5) is 0 Å². The molecule has 1 heterocycles. The first kappa shape index (κ1) is 12.6. The molecule has 94 valence electrons. The Morgan fingerprint density at radius 3 is 2.76 bits per heavy atom. The van der Waals surface area contributed by atoms with Gasteiger partial charge in [-0.15, -0.1) is 0 Å². The molecule has 1 aliphatic heterocycles. The van der Waals surface area contributed by atoms with Crippen molar-refractivity contribution in [3.8, 4) is 0 Å². The van der Waals surface area contributed by atoms with Crippen LogP contribution in [0, 0.1) is 6.92 Å². The summed E-state index contributed by atoms with van der Waals surface area (Å²) in [6.07, 6.45) is 0. The van der Waals surface area contributed by atoms with Gasteiger partial charge >= 0.3 is 0 Å². The lowest BCUT2D eigenvalue weighted by Crippen LogP contribution is -2.54. The van der Waals surface area contributed by atoms with Gasteiger partial charge in [-0.25, -0.2) is 0 Å². The van der Waals surface area contributed by atoms with E-state index in [2.05, 4.69) is 48.0 Å². The van der Waals surface area contributed by atoms with Gasteiger partial charge in [0.05, 0.1) is 0 Å². The van der Waals surface area contributed by atoms with Gasteiger partial charge in [0.15, 0.2) is 0 Å². The molecule has 2 N–H and O–H groups in total. The average molecular weight is 233 g/mol. The maximum absolute atomic E-state index is 5.88. The molecular weight excluding hydrogens is 210 g/mol. The number of benzene rings is 1. The predicted octanol–water partition coefficient (Wildman–Crippen LogP) is 1.07. The molecule has 1 unspecified atom stereocenters. The van der Waals surface area contributed by atoms with Crippen LogP contribution in [0.1, 0.15) is 11.1 Å². The van der Waals surface area contributed by atoms with Crippen LogP contribution >= 0.6 is 0 Å². The van der Waals surface area contributed by atoms with Crippen LogP contribution in [0.15, 0.2) is 24.3 Å². The highest BCUT2D eigenvalue weighted by molar-refractivity contribution is 5.25. The largest absolute Gasteiger partial charge is 0.329 e. The molecule has 0 aromatic heterocycles. The van der Waals surface area contributed by atoms with Gasteiger partial charge in [0.25, 0.3) is 0 Å². The van der Waals surface area contributed by atoms with Crippen LogP contribution in [-0.2, 0) is 6.54 Å². The summed E-state index contributed by atoms with van der Waals surface area (Å²) in [5.74, 6) is 0. The minimum atomic E-state index is 0.494. The molecule has 0 radical (unpaired) electrons. The van der Waals surface area contributed by atoms with E-state index in [1.165, 1.54) is 11.1 Å². The predicted molar refractivity (Wildman–Crippen MR) is 71.9 cm³/mol. The third kappa shape index (κ3) is 3.06. The topological polar surface area (TPSA) is 32.5 Å². The zero-order chi connectivity index (χ0) is 12.3. The van der Waals surface area contributed by atoms with Gasteiger partial charge in [0.1, 0.15) is 0 Å². The minimum absolute atomic E-state index is 0.494. The Morgan fingerprint density at radius 2 is 2.06 bits per heavy atom. The molecule has 0 aliphatic carbocycles. The smallest absolute Gasteiger partial charge is 0.0349 e. The Hall–Kier alpha value is -0.900. The Bertz CT molecular complexity index is 364. The van der Waals surface area contributed by atoms with Crippen LogP contribution < -0.4 is 5.73 Å². The normalized spacial score (nSPS) is 22.9. The summed E-state index contributed by atoms with van der Waals surface area (Å²) in [7, 11) is 2.17. The van der Waals surface area contributed by atoms with Crippen molar-refractivity contribution in [1.29, 1.82) is 0 Å². The van der Waals surface area contributed by atoms with Crippen molar-refractivity contribution in [3.63, 3.8) is 0 Å². The highest BCUT2D eigenvalue weighted by Crippen LogP contribution is 2.15. The number of hydrogen-bond donors (Lipinski definition) is 1. The fourth-order valence-electron chi connectivity index (χ4n) is 2.49. The van der Waals surface area contributed by atoms with Gasteiger partial charge in [-0.3, -0.25) is 4.90 Å². The highest BCUT2D eigenvalue weighted by atomic mass is 15.3. The van der Waals surface area contributed by atoms with Crippen LogP contribution in [0.5, 0.6) is 0 Å². The number of nitrogens with zero attached hydrogens (tertiary/aromatic N) is 2. The molecule has 0 spiro atoms. The number of hydrogen-bond acceptors (Lipinski definition) is 3. The Kier molecular flexibility index (Phi) is 4.15. The summed E-state index contributed by atoms with van der Waals surface area (Å²) >= 11 is 0. The van der Waals surface area contributed by atoms with Crippen LogP contribution in [0.25, 0.3) is 0 Å². The zero-order valence-corrected chi connectivity index (χ0v) is 10.9. The number of likely N-dealkylation sites (N-methyl/N-ethyl adjacent to an activating group) is 1. The molecule has 1 aliphatic rings. The van der Waals surface area contributed by atoms with Gasteiger partial charge in [-0.2, -0.15) is 0 Å². The number of nitrogens with two attached hydrogens (primary N) is 1. The second-order valence-electron chi connectivity index (χ2n) is 5.05. The fourth-order valence-corrected chi connectivity index (χ4v) is 2.49. The van der Waals surface area contributed by atoms with Crippen molar-refractivity contribution in [2.45, 2.75) is 19.5 Å². The molecule has 0 amide bonds. The monoisotopic (exact) mass is 233 g/mol. The van der Waals surface area contributed by atoms with Crippen LogP contribution in [0.3, 0.4) is 0 Å². The molecule has 17 heavy (non-hydrogen) atoms. The minimum Gasteiger partial charge on any atom is -0.329 e. The summed E-state index contributed by atoms with van der Waals surface area (Å²) < 4.78 is 0. The average Bonchev–Trinajstić information content (AvgIpc) is 2.34. The Balaban J connectivity index is 2.05. The van der Waals surface area contributed by atoms with E-state index in [0.29, 0.717) is 6.04 Å². The van der Waals surface area contributed by atoms with Gasteiger partial charge in [0, 0.05) is 38.8 Å². The molecular formula is C14H23N3. The fraction of sp³-hybridized carbons (Fsp3) is 0.571. The van der Waals surface area contributed by atoms with E-state index < -0.39 is 0 Å². The molecule has 0 saturated carbocycles. The van der Waals surface area contributed by atoms with Crippen molar-refractivity contribution in [2.75, 3.05) is 33.2 Å². The molecule has 1 aromatic rings. The molecule has 3 heteroatoms. The molecule has 1 saturated heterocycles. The lowest BCUT2D eigenvalue weighted by Gasteiger charge is -2.39. The standard InChI is InChI=1S/C14H23N3/c1-12-5-3-4-6-13(12)10-17-8-7-16(2)11-14(17)9-15/h3-6,14H,7-11,15H2,1-2H3. The molecule has 1 fully saturated rings. The van der Waals surface area contributed by atoms with Crippen molar-refractivity contribution >= 4 is 0 Å². The van der Waals surface area contributed by atoms with E-state index in [9.17, 15) is 0 Å². The third-order valence-corrected chi connectivity index (χ3v) is 3.71. The van der Waals surface area contributed by atoms with Crippen LogP contribution in [-0.4, -0.2) is 49.1 Å². The molecule has 3 nitrogen and oxygen atoms in total. The van der Waals surface area contributed by atoms with Crippen molar-refractivity contribution in [1.82, 2.24) is 9.80 Å². The summed E-state index contributed by atoms with van der Waals surface area (Å²) in [6, 6.07) is 9.12. The second-order valence-corrected chi connectivity index (χ2v) is 5.05. The maximum Gasteiger partial charge on any atom is 0.0349 e. The Morgan fingerprint density at radius 1 is 1.29 bits per heavy atom. The van der Waals surface area contributed by atoms with E-state index in [-0.39, 0.29) is 0 Å². The van der Waals surface area contributed by atoms with Gasteiger partial charge < -0.3 is 10.6 Å². The first-order valence-corrected chi connectivity index (χ1v) is 6.38. The first-order chi connectivity index (χ1) is 8.20. The lowest BCUT2D eigenvalue weighted by atomic mass is 10.1. The quantitative estimate of drug-likeness (QED) is 0.847. The van der Waals surface area contributed by atoms with E-state index in [4.69, 9.17) is 5.73 Å². The van der Waals surface area contributed by atoms with Crippen LogP contribution in [0.2, 0.25) is 0 Å². The highest BCUT2D eigenvalue weighted by Gasteiger charge is 2.24. The van der Waals surface area contributed by atoms with Gasteiger partial charge in [0.2, 0.25) is 0 Å². The third-order valence-electron chi connectivity index (χ3n) is 3.71. The Labute approximate surface area is 104 Å². The van der Waals surface area contributed by atoms with Crippen molar-refractivity contribution in [2.24, 2.45) is 5.73 Å². The first-order valence-electron chi connectivity index (χ1n) is 6.38. The van der Waals surface area contributed by atoms with Gasteiger partial charge in [-0.1, -0.05) is 24.3 Å². The van der Waals surface area contributed by atoms with Gasteiger partial charge in [-0.05, 0) is 25.1 Å². The van der Waals surface area contributed by atoms with E-state index >= 15 is 0 Å². The molecule has 1 aromatic carbocycles. The SMILES string of the molecule is Cc1ccccc1CN1CCN(C)CC1CN. The molecule has 1 atom stereocenters. The number of piperazine rings is 1. The lowest BCUT2D eigenvalue weighted by molar-refractivity contribution is 0.0879. The van der Waals surface area contributed by atoms with E-state index in [1.54, 1.807) is 0 Å². The van der Waals surface area contributed by atoms with E-state index in [0.717, 1.165) is 32.7 Å². The summed E-state index contributed by atoms with van der Waals surface area (Å²) in [5.41, 5.74) is 8.68. The zero-order valence-electron chi connectivity index (χ0n) is 10.9. The molecule has 0 bridgehead atoms. The van der Waals surface area contributed by atoms with E-state index in [1.807, 2.05) is 0 Å².